The van der Waals surface area contributed by atoms with Crippen molar-refractivity contribution in [1.29, 1.82) is 0 Å². The lowest BCUT2D eigenvalue weighted by atomic mass is 10.1. The summed E-state index contributed by atoms with van der Waals surface area (Å²) in [5, 5.41) is 3.33. The van der Waals surface area contributed by atoms with E-state index < -0.39 is 0 Å². The zero-order valence-corrected chi connectivity index (χ0v) is 12.8. The number of anilines is 1. The van der Waals surface area contributed by atoms with Crippen LogP contribution in [0.25, 0.3) is 0 Å². The number of hydrogen-bond donors (Lipinski definition) is 1. The fourth-order valence-corrected chi connectivity index (χ4v) is 2.38. The molecule has 110 valence electrons. The van der Waals surface area contributed by atoms with Crippen LogP contribution >= 0.6 is 0 Å². The molecular formula is C16H25N3O. The van der Waals surface area contributed by atoms with Crippen molar-refractivity contribution in [3.05, 3.63) is 29.3 Å². The first-order chi connectivity index (χ1) is 9.56. The molecule has 1 aliphatic rings. The Morgan fingerprint density at radius 3 is 2.50 bits per heavy atom. The number of piperazine rings is 1. The van der Waals surface area contributed by atoms with Crippen LogP contribution in [0.5, 0.6) is 0 Å². The van der Waals surface area contributed by atoms with E-state index in [2.05, 4.69) is 49.3 Å². The van der Waals surface area contributed by atoms with Crippen molar-refractivity contribution in [3.63, 3.8) is 0 Å². The molecule has 0 radical (unpaired) electrons. The first-order valence-corrected chi connectivity index (χ1v) is 7.33. The molecule has 0 unspecified atom stereocenters. The molecule has 1 aromatic rings. The average molecular weight is 275 g/mol. The smallest absolute Gasteiger partial charge is 0.224 e. The molecular weight excluding hydrogens is 250 g/mol. The van der Waals surface area contributed by atoms with Crippen LogP contribution in [0.4, 0.5) is 5.69 Å². The van der Waals surface area contributed by atoms with E-state index >= 15 is 0 Å². The first-order valence-electron chi connectivity index (χ1n) is 7.33. The number of hydrogen-bond acceptors (Lipinski definition) is 3. The Bertz CT molecular complexity index is 465. The monoisotopic (exact) mass is 275 g/mol. The van der Waals surface area contributed by atoms with Crippen LogP contribution in [0.2, 0.25) is 0 Å². The summed E-state index contributed by atoms with van der Waals surface area (Å²) in [5.74, 6) is 0.259. The zero-order valence-electron chi connectivity index (χ0n) is 12.8. The minimum Gasteiger partial charge on any atom is -0.385 e. The van der Waals surface area contributed by atoms with E-state index in [1.54, 1.807) is 0 Å². The predicted octanol–water partition coefficient (Wildman–Crippen LogP) is 1.88. The summed E-state index contributed by atoms with van der Waals surface area (Å²) in [5.41, 5.74) is 3.67. The van der Waals surface area contributed by atoms with Gasteiger partial charge in [-0.3, -0.25) is 4.79 Å². The van der Waals surface area contributed by atoms with Crippen molar-refractivity contribution in [2.75, 3.05) is 45.1 Å². The summed E-state index contributed by atoms with van der Waals surface area (Å²) in [6, 6.07) is 6.32. The van der Waals surface area contributed by atoms with E-state index in [0.29, 0.717) is 13.0 Å². The van der Waals surface area contributed by atoms with E-state index in [4.69, 9.17) is 0 Å². The molecule has 1 fully saturated rings. The highest BCUT2D eigenvalue weighted by atomic mass is 16.2. The maximum Gasteiger partial charge on any atom is 0.224 e. The highest BCUT2D eigenvalue weighted by Gasteiger charge is 2.18. The highest BCUT2D eigenvalue weighted by Crippen LogP contribution is 2.14. The van der Waals surface area contributed by atoms with E-state index in [1.807, 2.05) is 4.90 Å². The summed E-state index contributed by atoms with van der Waals surface area (Å²) >= 11 is 0. The minimum atomic E-state index is 0.259. The Labute approximate surface area is 121 Å². The molecule has 1 aromatic carbocycles. The van der Waals surface area contributed by atoms with Crippen LogP contribution in [0.15, 0.2) is 18.2 Å². The number of amides is 1. The van der Waals surface area contributed by atoms with Crippen LogP contribution in [-0.2, 0) is 4.79 Å². The third-order valence-corrected chi connectivity index (χ3v) is 4.03. The second kappa shape index (κ2) is 6.75. The average Bonchev–Trinajstić information content (AvgIpc) is 2.43. The van der Waals surface area contributed by atoms with E-state index in [1.165, 1.54) is 11.1 Å². The second-order valence-electron chi connectivity index (χ2n) is 5.66. The van der Waals surface area contributed by atoms with E-state index in [0.717, 1.165) is 31.9 Å². The Balaban J connectivity index is 1.75. The summed E-state index contributed by atoms with van der Waals surface area (Å²) in [4.78, 5) is 16.3. The summed E-state index contributed by atoms with van der Waals surface area (Å²) in [6.45, 7) is 8.60. The molecule has 1 amide bonds. The summed E-state index contributed by atoms with van der Waals surface area (Å²) in [7, 11) is 2.10. The zero-order chi connectivity index (χ0) is 14.5. The molecule has 2 rings (SSSR count). The van der Waals surface area contributed by atoms with Gasteiger partial charge in [0.1, 0.15) is 0 Å². The van der Waals surface area contributed by atoms with Crippen LogP contribution < -0.4 is 5.32 Å². The fourth-order valence-electron chi connectivity index (χ4n) is 2.38. The number of carbonyl (C=O) groups excluding carboxylic acids is 1. The number of rotatable bonds is 4. The van der Waals surface area contributed by atoms with Crippen LogP contribution in [0.3, 0.4) is 0 Å². The normalized spacial score (nSPS) is 16.2. The Morgan fingerprint density at radius 2 is 1.85 bits per heavy atom. The molecule has 0 bridgehead atoms. The number of nitrogens with one attached hydrogen (secondary N) is 1. The van der Waals surface area contributed by atoms with Gasteiger partial charge in [-0.15, -0.1) is 0 Å². The third kappa shape index (κ3) is 3.97. The standard InChI is InChI=1S/C16H25N3O/c1-13-4-5-15(12-14(13)2)17-7-6-16(20)19-10-8-18(3)9-11-19/h4-5,12,17H,6-11H2,1-3H3. The molecule has 1 saturated heterocycles. The highest BCUT2D eigenvalue weighted by molar-refractivity contribution is 5.76. The van der Waals surface area contributed by atoms with Gasteiger partial charge in [0.15, 0.2) is 0 Å². The van der Waals surface area contributed by atoms with Crippen LogP contribution in [0.1, 0.15) is 17.5 Å². The molecule has 1 aliphatic heterocycles. The third-order valence-electron chi connectivity index (χ3n) is 4.03. The van der Waals surface area contributed by atoms with Gasteiger partial charge in [0.2, 0.25) is 5.91 Å². The quantitative estimate of drug-likeness (QED) is 0.911. The summed E-state index contributed by atoms with van der Waals surface area (Å²) < 4.78 is 0. The number of aryl methyl sites for hydroxylation is 2. The fraction of sp³-hybridized carbons (Fsp3) is 0.562. The molecule has 0 atom stereocenters. The molecule has 0 spiro atoms. The maximum absolute atomic E-state index is 12.1. The van der Waals surface area contributed by atoms with Gasteiger partial charge in [-0.1, -0.05) is 6.07 Å². The van der Waals surface area contributed by atoms with E-state index in [-0.39, 0.29) is 5.91 Å². The molecule has 1 heterocycles. The number of carbonyl (C=O) groups is 1. The molecule has 4 nitrogen and oxygen atoms in total. The molecule has 0 saturated carbocycles. The van der Waals surface area contributed by atoms with Crippen molar-refractivity contribution in [2.45, 2.75) is 20.3 Å². The Hall–Kier alpha value is -1.55. The first kappa shape index (κ1) is 14.9. The van der Waals surface area contributed by atoms with Crippen molar-refractivity contribution in [3.8, 4) is 0 Å². The SMILES string of the molecule is Cc1ccc(NCCC(=O)N2CCN(C)CC2)cc1C. The topological polar surface area (TPSA) is 35.6 Å². The maximum atomic E-state index is 12.1. The largest absolute Gasteiger partial charge is 0.385 e. The molecule has 20 heavy (non-hydrogen) atoms. The number of benzene rings is 1. The van der Waals surface area contributed by atoms with Gasteiger partial charge < -0.3 is 15.1 Å². The van der Waals surface area contributed by atoms with Crippen LogP contribution in [-0.4, -0.2) is 55.5 Å². The van der Waals surface area contributed by atoms with E-state index in [9.17, 15) is 4.79 Å². The van der Waals surface area contributed by atoms with Gasteiger partial charge in [0.25, 0.3) is 0 Å². The number of nitrogens with zero attached hydrogens (tertiary/aromatic N) is 2. The Kier molecular flexibility index (Phi) is 5.01. The lowest BCUT2D eigenvalue weighted by molar-refractivity contribution is -0.132. The molecule has 4 heteroatoms. The van der Waals surface area contributed by atoms with Gasteiger partial charge in [-0.05, 0) is 44.2 Å². The van der Waals surface area contributed by atoms with Crippen LogP contribution in [0, 0.1) is 13.8 Å². The number of likely N-dealkylation sites (N-methyl/N-ethyl adjacent to an activating group) is 1. The van der Waals surface area contributed by atoms with Gasteiger partial charge in [0.05, 0.1) is 0 Å². The lowest BCUT2D eigenvalue weighted by Crippen LogP contribution is -2.47. The molecule has 1 N–H and O–H groups in total. The predicted molar refractivity (Wildman–Crippen MR) is 83.1 cm³/mol. The van der Waals surface area contributed by atoms with Crippen molar-refractivity contribution in [1.82, 2.24) is 9.80 Å². The van der Waals surface area contributed by atoms with Gasteiger partial charge in [-0.2, -0.15) is 0 Å². The molecule has 0 aromatic heterocycles. The van der Waals surface area contributed by atoms with Gasteiger partial charge >= 0.3 is 0 Å². The van der Waals surface area contributed by atoms with Gasteiger partial charge in [0, 0.05) is 44.8 Å². The van der Waals surface area contributed by atoms with Crippen molar-refractivity contribution >= 4 is 11.6 Å². The lowest BCUT2D eigenvalue weighted by Gasteiger charge is -2.32. The Morgan fingerprint density at radius 1 is 1.15 bits per heavy atom. The second-order valence-corrected chi connectivity index (χ2v) is 5.66. The molecule has 0 aliphatic carbocycles. The summed E-state index contributed by atoms with van der Waals surface area (Å²) in [6.07, 6.45) is 0.566. The van der Waals surface area contributed by atoms with Crippen molar-refractivity contribution < 1.29 is 4.79 Å². The minimum absolute atomic E-state index is 0.259. The van der Waals surface area contributed by atoms with Crippen molar-refractivity contribution in [2.24, 2.45) is 0 Å². The van der Waals surface area contributed by atoms with Gasteiger partial charge in [-0.25, -0.2) is 0 Å².